The number of carbonyl (C=O) groups is 3. The van der Waals surface area contributed by atoms with Crippen molar-refractivity contribution in [3.63, 3.8) is 0 Å². The first-order valence-corrected chi connectivity index (χ1v) is 8.39. The predicted octanol–water partition coefficient (Wildman–Crippen LogP) is 2.14. The smallest absolute Gasteiger partial charge is 0.266 e. The molecule has 1 aliphatic heterocycles. The molecule has 1 aromatic carbocycles. The van der Waals surface area contributed by atoms with Crippen LogP contribution in [0, 0.1) is 6.92 Å². The monoisotopic (exact) mass is 339 g/mol. The first-order chi connectivity index (χ1) is 12.0. The third kappa shape index (κ3) is 2.73. The molecule has 0 saturated carbocycles. The van der Waals surface area contributed by atoms with Gasteiger partial charge in [-0.2, -0.15) is 0 Å². The van der Waals surface area contributed by atoms with Gasteiger partial charge in [-0.3, -0.25) is 19.3 Å². The predicted molar refractivity (Wildman–Crippen MR) is 95.7 cm³/mol. The number of nitrogens with zero attached hydrogens (tertiary/aromatic N) is 1. The summed E-state index contributed by atoms with van der Waals surface area (Å²) in [6.45, 7) is 4.33. The summed E-state index contributed by atoms with van der Waals surface area (Å²) in [6.07, 6.45) is 1.75. The Bertz CT molecular complexity index is 908. The number of carbonyl (C=O) groups excluding carboxylic acids is 3. The first-order valence-electron chi connectivity index (χ1n) is 8.39. The molecule has 2 heterocycles. The van der Waals surface area contributed by atoms with E-state index in [-0.39, 0.29) is 11.1 Å². The number of amides is 3. The van der Waals surface area contributed by atoms with Gasteiger partial charge < -0.3 is 10.3 Å². The molecule has 2 aromatic rings. The second kappa shape index (κ2) is 6.55. The number of aromatic nitrogens is 1. The molecule has 0 radical (unpaired) electrons. The van der Waals surface area contributed by atoms with Crippen molar-refractivity contribution in [3.8, 4) is 0 Å². The van der Waals surface area contributed by atoms with E-state index in [4.69, 9.17) is 0 Å². The van der Waals surface area contributed by atoms with Crippen LogP contribution >= 0.6 is 0 Å². The second-order valence-corrected chi connectivity index (χ2v) is 6.20. The molecule has 130 valence electrons. The fourth-order valence-corrected chi connectivity index (χ4v) is 3.15. The zero-order valence-corrected chi connectivity index (χ0v) is 14.6. The highest BCUT2D eigenvalue weighted by atomic mass is 16.2. The standard InChI is InChI=1S/C19H21N3O3/c1-4-5-10-20-17(23)16-15(18(24)22(3)19(16)25)14-11(2)21-13-9-7-6-8-12(13)14/h6-9,21H,4-5,10H2,1-3H3,(H,20,23). The van der Waals surface area contributed by atoms with E-state index in [0.29, 0.717) is 12.1 Å². The Morgan fingerprint density at radius 3 is 2.64 bits per heavy atom. The lowest BCUT2D eigenvalue weighted by molar-refractivity contribution is -0.135. The third-order valence-corrected chi connectivity index (χ3v) is 4.47. The number of fused-ring (bicyclic) bond motifs is 1. The summed E-state index contributed by atoms with van der Waals surface area (Å²) < 4.78 is 0. The molecule has 25 heavy (non-hydrogen) atoms. The Balaban J connectivity index is 2.17. The van der Waals surface area contributed by atoms with Crippen molar-refractivity contribution in [1.29, 1.82) is 0 Å². The van der Waals surface area contributed by atoms with Gasteiger partial charge in [0, 0.05) is 35.8 Å². The minimum absolute atomic E-state index is 0.0727. The van der Waals surface area contributed by atoms with E-state index in [1.807, 2.05) is 38.1 Å². The lowest BCUT2D eigenvalue weighted by Gasteiger charge is -2.06. The molecule has 0 bridgehead atoms. The van der Waals surface area contributed by atoms with E-state index < -0.39 is 17.7 Å². The molecule has 0 atom stereocenters. The molecule has 0 spiro atoms. The van der Waals surface area contributed by atoms with Crippen LogP contribution in [0.3, 0.4) is 0 Å². The van der Waals surface area contributed by atoms with Crippen molar-refractivity contribution in [2.24, 2.45) is 0 Å². The van der Waals surface area contributed by atoms with Crippen LogP contribution in [-0.4, -0.2) is 41.2 Å². The number of aromatic amines is 1. The van der Waals surface area contributed by atoms with Gasteiger partial charge in [0.05, 0.1) is 5.57 Å². The molecule has 2 N–H and O–H groups in total. The van der Waals surface area contributed by atoms with Gasteiger partial charge in [-0.25, -0.2) is 0 Å². The van der Waals surface area contributed by atoms with Gasteiger partial charge in [0.15, 0.2) is 0 Å². The van der Waals surface area contributed by atoms with Crippen molar-refractivity contribution in [2.75, 3.05) is 13.6 Å². The zero-order chi connectivity index (χ0) is 18.1. The molecule has 3 amide bonds. The molecular weight excluding hydrogens is 318 g/mol. The lowest BCUT2D eigenvalue weighted by Crippen LogP contribution is -2.32. The largest absolute Gasteiger partial charge is 0.358 e. The lowest BCUT2D eigenvalue weighted by atomic mass is 9.98. The third-order valence-electron chi connectivity index (χ3n) is 4.47. The number of rotatable bonds is 5. The summed E-state index contributed by atoms with van der Waals surface area (Å²) in [7, 11) is 1.40. The molecule has 0 fully saturated rings. The molecular formula is C19H21N3O3. The summed E-state index contributed by atoms with van der Waals surface area (Å²) in [4.78, 5) is 42.0. The first kappa shape index (κ1) is 17.0. The molecule has 1 aromatic heterocycles. The zero-order valence-electron chi connectivity index (χ0n) is 14.6. The molecule has 1 aliphatic rings. The second-order valence-electron chi connectivity index (χ2n) is 6.20. The number of nitrogens with one attached hydrogen (secondary N) is 2. The van der Waals surface area contributed by atoms with Gasteiger partial charge in [0.25, 0.3) is 17.7 Å². The number of likely N-dealkylation sites (N-methyl/N-ethyl adjacent to an activating group) is 1. The highest BCUT2D eigenvalue weighted by Gasteiger charge is 2.41. The van der Waals surface area contributed by atoms with E-state index >= 15 is 0 Å². The van der Waals surface area contributed by atoms with Crippen LogP contribution in [0.5, 0.6) is 0 Å². The molecule has 0 unspecified atom stereocenters. The molecule has 6 heteroatoms. The summed E-state index contributed by atoms with van der Waals surface area (Å²) in [6, 6.07) is 7.54. The molecule has 6 nitrogen and oxygen atoms in total. The average molecular weight is 339 g/mol. The molecule has 0 saturated heterocycles. The van der Waals surface area contributed by atoms with Crippen LogP contribution in [0.4, 0.5) is 0 Å². The van der Waals surface area contributed by atoms with Gasteiger partial charge >= 0.3 is 0 Å². The maximum atomic E-state index is 12.7. The van der Waals surface area contributed by atoms with Crippen LogP contribution in [-0.2, 0) is 14.4 Å². The Kier molecular flexibility index (Phi) is 4.44. The quantitative estimate of drug-likeness (QED) is 0.497. The number of imide groups is 1. The molecule has 3 rings (SSSR count). The Hall–Kier alpha value is -2.89. The van der Waals surface area contributed by atoms with Crippen molar-refractivity contribution < 1.29 is 14.4 Å². The number of unbranched alkanes of at least 4 members (excludes halogenated alkanes) is 1. The summed E-state index contributed by atoms with van der Waals surface area (Å²) in [5, 5.41) is 3.57. The summed E-state index contributed by atoms with van der Waals surface area (Å²) in [5.41, 5.74) is 2.35. The summed E-state index contributed by atoms with van der Waals surface area (Å²) in [5.74, 6) is -1.49. The normalized spacial score (nSPS) is 14.8. The van der Waals surface area contributed by atoms with Crippen LogP contribution in [0.15, 0.2) is 29.8 Å². The maximum absolute atomic E-state index is 12.7. The number of benzene rings is 1. The van der Waals surface area contributed by atoms with Crippen LogP contribution in [0.2, 0.25) is 0 Å². The minimum atomic E-state index is -0.557. The number of para-hydroxylation sites is 1. The topological polar surface area (TPSA) is 82.3 Å². The number of aryl methyl sites for hydroxylation is 1. The van der Waals surface area contributed by atoms with Crippen molar-refractivity contribution >= 4 is 34.2 Å². The Morgan fingerprint density at radius 2 is 1.92 bits per heavy atom. The van der Waals surface area contributed by atoms with Gasteiger partial charge in [0.2, 0.25) is 0 Å². The average Bonchev–Trinajstić information content (AvgIpc) is 3.03. The van der Waals surface area contributed by atoms with E-state index in [9.17, 15) is 14.4 Å². The Morgan fingerprint density at radius 1 is 1.20 bits per heavy atom. The van der Waals surface area contributed by atoms with Gasteiger partial charge in [-0.1, -0.05) is 31.5 Å². The maximum Gasteiger partial charge on any atom is 0.266 e. The fourth-order valence-electron chi connectivity index (χ4n) is 3.15. The van der Waals surface area contributed by atoms with E-state index in [0.717, 1.165) is 34.3 Å². The summed E-state index contributed by atoms with van der Waals surface area (Å²) >= 11 is 0. The van der Waals surface area contributed by atoms with Crippen LogP contribution in [0.25, 0.3) is 16.5 Å². The van der Waals surface area contributed by atoms with Gasteiger partial charge in [-0.15, -0.1) is 0 Å². The SMILES string of the molecule is CCCCNC(=O)C1=C(c2c(C)[nH]c3ccccc23)C(=O)N(C)C1=O. The number of H-pyrrole nitrogens is 1. The van der Waals surface area contributed by atoms with E-state index in [2.05, 4.69) is 10.3 Å². The van der Waals surface area contributed by atoms with Crippen molar-refractivity contribution in [1.82, 2.24) is 15.2 Å². The highest BCUT2D eigenvalue weighted by Crippen LogP contribution is 2.35. The minimum Gasteiger partial charge on any atom is -0.358 e. The van der Waals surface area contributed by atoms with Gasteiger partial charge in [0.1, 0.15) is 5.57 Å². The molecule has 0 aliphatic carbocycles. The van der Waals surface area contributed by atoms with E-state index in [1.165, 1.54) is 7.05 Å². The van der Waals surface area contributed by atoms with Crippen LogP contribution in [0.1, 0.15) is 31.0 Å². The highest BCUT2D eigenvalue weighted by molar-refractivity contribution is 6.44. The Labute approximate surface area is 145 Å². The number of hydrogen-bond donors (Lipinski definition) is 2. The van der Waals surface area contributed by atoms with Gasteiger partial charge in [-0.05, 0) is 19.4 Å². The van der Waals surface area contributed by atoms with Crippen molar-refractivity contribution in [2.45, 2.75) is 26.7 Å². The van der Waals surface area contributed by atoms with Crippen molar-refractivity contribution in [3.05, 3.63) is 41.1 Å². The fraction of sp³-hybridized carbons (Fsp3) is 0.316. The number of hydrogen-bond acceptors (Lipinski definition) is 3. The van der Waals surface area contributed by atoms with Crippen LogP contribution < -0.4 is 5.32 Å². The van der Waals surface area contributed by atoms with E-state index in [1.54, 1.807) is 0 Å².